The van der Waals surface area contributed by atoms with Gasteiger partial charge in [0.1, 0.15) is 0 Å². The highest BCUT2D eigenvalue weighted by Gasteiger charge is 2.58. The lowest BCUT2D eigenvalue weighted by molar-refractivity contribution is -0.132. The van der Waals surface area contributed by atoms with Crippen LogP contribution in [0.1, 0.15) is 72.6 Å². The average molecular weight is 421 g/mol. The van der Waals surface area contributed by atoms with Crippen molar-refractivity contribution in [2.75, 3.05) is 0 Å². The molecule has 0 aliphatic heterocycles. The van der Waals surface area contributed by atoms with Crippen LogP contribution in [0.2, 0.25) is 0 Å². The lowest BCUT2D eigenvalue weighted by atomic mass is 9.61. The Morgan fingerprint density at radius 3 is 2.57 bits per heavy atom. The molecule has 3 aliphatic rings. The monoisotopic (exact) mass is 420 g/mol. The van der Waals surface area contributed by atoms with Crippen LogP contribution in [0.15, 0.2) is 23.8 Å². The first-order valence-electron chi connectivity index (χ1n) is 11.5. The molecule has 9 atom stereocenters. The number of allylic oxidation sites excluding steroid dienone is 1. The molecular formula is C25H40O5. The number of hydrogen-bond acceptors (Lipinski definition) is 4. The second-order valence-electron chi connectivity index (χ2n) is 11.0. The summed E-state index contributed by atoms with van der Waals surface area (Å²) in [6.45, 7) is 12.2. The molecule has 0 spiro atoms. The normalized spacial score (nSPS) is 45.4. The van der Waals surface area contributed by atoms with E-state index in [0.717, 1.165) is 32.1 Å². The highest BCUT2D eigenvalue weighted by atomic mass is 16.4. The molecule has 3 rings (SSSR count). The van der Waals surface area contributed by atoms with Crippen molar-refractivity contribution in [3.8, 4) is 0 Å². The lowest BCUT2D eigenvalue weighted by Crippen LogP contribution is -2.43. The van der Waals surface area contributed by atoms with Gasteiger partial charge in [-0.15, -0.1) is 0 Å². The number of aliphatic hydroxyl groups is 3. The minimum absolute atomic E-state index is 0.0182. The van der Waals surface area contributed by atoms with E-state index in [1.165, 1.54) is 0 Å². The lowest BCUT2D eigenvalue weighted by Gasteiger charge is -2.46. The molecule has 3 fully saturated rings. The first kappa shape index (κ1) is 23.5. The third kappa shape index (κ3) is 4.26. The van der Waals surface area contributed by atoms with Gasteiger partial charge in [-0.2, -0.15) is 0 Å². The summed E-state index contributed by atoms with van der Waals surface area (Å²) in [6.07, 6.45) is 6.18. The van der Waals surface area contributed by atoms with E-state index < -0.39 is 23.8 Å². The first-order chi connectivity index (χ1) is 13.9. The van der Waals surface area contributed by atoms with Crippen molar-refractivity contribution in [3.05, 3.63) is 23.8 Å². The zero-order valence-electron chi connectivity index (χ0n) is 19.0. The summed E-state index contributed by atoms with van der Waals surface area (Å²) in [4.78, 5) is 11.0. The molecule has 0 saturated heterocycles. The molecule has 0 amide bonds. The van der Waals surface area contributed by atoms with E-state index in [-0.39, 0.29) is 17.3 Å². The zero-order chi connectivity index (χ0) is 22.4. The summed E-state index contributed by atoms with van der Waals surface area (Å²) >= 11 is 0. The van der Waals surface area contributed by atoms with Crippen LogP contribution in [-0.2, 0) is 4.79 Å². The van der Waals surface area contributed by atoms with Crippen molar-refractivity contribution in [1.82, 2.24) is 0 Å². The quantitative estimate of drug-likeness (QED) is 0.399. The number of carboxylic acid groups (broad SMARTS) is 1. The highest BCUT2D eigenvalue weighted by molar-refractivity contribution is 5.85. The molecule has 170 valence electrons. The number of rotatable bonds is 5. The van der Waals surface area contributed by atoms with Crippen molar-refractivity contribution in [1.29, 1.82) is 0 Å². The fourth-order valence-electron chi connectivity index (χ4n) is 6.98. The van der Waals surface area contributed by atoms with Gasteiger partial charge in [-0.25, -0.2) is 4.79 Å². The van der Waals surface area contributed by atoms with Crippen LogP contribution in [0.4, 0.5) is 0 Å². The smallest absolute Gasteiger partial charge is 0.330 e. The van der Waals surface area contributed by atoms with Crippen molar-refractivity contribution >= 4 is 5.97 Å². The van der Waals surface area contributed by atoms with Crippen LogP contribution in [0.25, 0.3) is 0 Å². The van der Waals surface area contributed by atoms with E-state index in [2.05, 4.69) is 20.4 Å². The van der Waals surface area contributed by atoms with Gasteiger partial charge in [0.05, 0.1) is 17.8 Å². The van der Waals surface area contributed by atoms with E-state index in [1.54, 1.807) is 6.92 Å². The Bertz CT molecular complexity index is 710. The second-order valence-corrected chi connectivity index (χ2v) is 11.0. The second kappa shape index (κ2) is 8.40. The van der Waals surface area contributed by atoms with Crippen LogP contribution in [0.3, 0.4) is 0 Å². The third-order valence-electron chi connectivity index (χ3n) is 8.89. The fraction of sp³-hybridized carbons (Fsp3) is 0.800. The van der Waals surface area contributed by atoms with Crippen molar-refractivity contribution < 1.29 is 25.2 Å². The molecule has 0 unspecified atom stereocenters. The molecule has 3 aliphatic carbocycles. The van der Waals surface area contributed by atoms with E-state index in [9.17, 15) is 20.1 Å². The molecule has 0 aromatic rings. The van der Waals surface area contributed by atoms with Gasteiger partial charge in [-0.05, 0) is 87.0 Å². The number of aliphatic hydroxyl groups excluding tert-OH is 2. The standard InChI is InChI=1S/C25H40O5/c1-14(7-6-8-15(2)23(28)29)17-9-10-24(4)12-19-22(21(27)13-25(19,5)30)16(3)20(26)11-18(17)24/h8,14,17-22,26-27,30H,3,6-7,9-13H2,1-2,4-5H3,(H,28,29)/b15-8+/t14-,17+,18-,19-,20-,21-,22+,24+,25+/m0/s1. The maximum Gasteiger partial charge on any atom is 0.330 e. The first-order valence-corrected chi connectivity index (χ1v) is 11.5. The minimum atomic E-state index is -0.944. The van der Waals surface area contributed by atoms with E-state index in [1.807, 2.05) is 13.0 Å². The van der Waals surface area contributed by atoms with Crippen LogP contribution in [-0.4, -0.2) is 44.2 Å². The number of carbonyl (C=O) groups is 1. The average Bonchev–Trinajstić information content (AvgIpc) is 3.06. The summed E-state index contributed by atoms with van der Waals surface area (Å²) in [5.74, 6) is 0.0336. The van der Waals surface area contributed by atoms with E-state index >= 15 is 0 Å². The summed E-state index contributed by atoms with van der Waals surface area (Å²) in [7, 11) is 0. The number of carboxylic acids is 1. The number of aliphatic carboxylic acids is 1. The molecule has 0 radical (unpaired) electrons. The Labute approximate surface area is 180 Å². The van der Waals surface area contributed by atoms with Gasteiger partial charge >= 0.3 is 5.97 Å². The SMILES string of the molecule is C=C1[C@H]2[C@@H](O)C[C@@](C)(O)[C@H]2C[C@@]2(C)CC[C@H]([C@@H](C)CC/C=C(\C)C(=O)O)[C@@H]2C[C@@H]1O. The zero-order valence-corrected chi connectivity index (χ0v) is 19.0. The van der Waals surface area contributed by atoms with Gasteiger partial charge < -0.3 is 20.4 Å². The topological polar surface area (TPSA) is 98.0 Å². The fourth-order valence-corrected chi connectivity index (χ4v) is 6.98. The van der Waals surface area contributed by atoms with Gasteiger partial charge in [0.2, 0.25) is 0 Å². The molecule has 5 nitrogen and oxygen atoms in total. The molecule has 0 aromatic heterocycles. The Morgan fingerprint density at radius 1 is 1.27 bits per heavy atom. The Morgan fingerprint density at radius 2 is 1.93 bits per heavy atom. The molecule has 5 heteroatoms. The highest BCUT2D eigenvalue weighted by Crippen LogP contribution is 2.61. The van der Waals surface area contributed by atoms with E-state index in [0.29, 0.717) is 41.7 Å². The molecule has 0 bridgehead atoms. The maximum atomic E-state index is 11.1. The largest absolute Gasteiger partial charge is 0.478 e. The Balaban J connectivity index is 1.80. The molecule has 4 N–H and O–H groups in total. The summed E-state index contributed by atoms with van der Waals surface area (Å²) in [5, 5.41) is 41.8. The molecular weight excluding hydrogens is 380 g/mol. The molecule has 0 heterocycles. The van der Waals surface area contributed by atoms with Crippen LogP contribution in [0.5, 0.6) is 0 Å². The van der Waals surface area contributed by atoms with Gasteiger partial charge in [-0.1, -0.05) is 26.5 Å². The third-order valence-corrected chi connectivity index (χ3v) is 8.89. The number of hydrogen-bond donors (Lipinski definition) is 4. The molecule has 3 saturated carbocycles. The van der Waals surface area contributed by atoms with Crippen LogP contribution < -0.4 is 0 Å². The van der Waals surface area contributed by atoms with Crippen LogP contribution in [0, 0.1) is 35.0 Å². The Kier molecular flexibility index (Phi) is 6.58. The van der Waals surface area contributed by atoms with Gasteiger partial charge in [0, 0.05) is 17.9 Å². The van der Waals surface area contributed by atoms with Gasteiger partial charge in [-0.3, -0.25) is 0 Å². The summed E-state index contributed by atoms with van der Waals surface area (Å²) < 4.78 is 0. The molecule has 0 aromatic carbocycles. The van der Waals surface area contributed by atoms with Crippen LogP contribution >= 0.6 is 0 Å². The number of fused-ring (bicyclic) bond motifs is 2. The summed E-state index contributed by atoms with van der Waals surface area (Å²) in [5.41, 5.74) is 0.153. The van der Waals surface area contributed by atoms with E-state index in [4.69, 9.17) is 5.11 Å². The van der Waals surface area contributed by atoms with Crippen molar-refractivity contribution in [3.63, 3.8) is 0 Å². The van der Waals surface area contributed by atoms with Crippen molar-refractivity contribution in [2.24, 2.45) is 35.0 Å². The Hall–Kier alpha value is -1.17. The van der Waals surface area contributed by atoms with Gasteiger partial charge in [0.25, 0.3) is 0 Å². The van der Waals surface area contributed by atoms with Gasteiger partial charge in [0.15, 0.2) is 0 Å². The predicted octanol–water partition coefficient (Wildman–Crippen LogP) is 3.93. The molecule has 30 heavy (non-hydrogen) atoms. The predicted molar refractivity (Wildman–Crippen MR) is 117 cm³/mol. The maximum absolute atomic E-state index is 11.1. The summed E-state index contributed by atoms with van der Waals surface area (Å²) in [6, 6.07) is 0. The minimum Gasteiger partial charge on any atom is -0.478 e. The van der Waals surface area contributed by atoms with Crippen molar-refractivity contribution in [2.45, 2.75) is 90.4 Å².